The standard InChI is InChI=1S/C18H23N3O3/c1-11(2)13-6-5-7-14(12(3)4)17(13)19-16(23)10-21-9-8-15(22)20-18(21)24/h5-9,11-12H,10H2,1-4H3,(H,19,23)(H,20,22,24). The first-order valence-corrected chi connectivity index (χ1v) is 8.02. The first-order chi connectivity index (χ1) is 11.3. The van der Waals surface area contributed by atoms with Crippen LogP contribution in [0, 0.1) is 0 Å². The van der Waals surface area contributed by atoms with Crippen LogP contribution in [0.3, 0.4) is 0 Å². The van der Waals surface area contributed by atoms with Crippen molar-refractivity contribution in [1.82, 2.24) is 9.55 Å². The summed E-state index contributed by atoms with van der Waals surface area (Å²) in [5.74, 6) is 0.212. The summed E-state index contributed by atoms with van der Waals surface area (Å²) >= 11 is 0. The number of aromatic nitrogens is 2. The highest BCUT2D eigenvalue weighted by molar-refractivity contribution is 5.92. The van der Waals surface area contributed by atoms with Gasteiger partial charge in [-0.25, -0.2) is 4.79 Å². The van der Waals surface area contributed by atoms with Crippen molar-refractivity contribution in [3.63, 3.8) is 0 Å². The van der Waals surface area contributed by atoms with E-state index in [0.29, 0.717) is 0 Å². The van der Waals surface area contributed by atoms with E-state index in [2.05, 4.69) is 38.0 Å². The molecule has 1 aromatic heterocycles. The molecule has 0 saturated carbocycles. The summed E-state index contributed by atoms with van der Waals surface area (Å²) in [6.07, 6.45) is 1.32. The smallest absolute Gasteiger partial charge is 0.324 e. The van der Waals surface area contributed by atoms with Crippen molar-refractivity contribution in [2.45, 2.75) is 46.1 Å². The molecular weight excluding hydrogens is 306 g/mol. The van der Waals surface area contributed by atoms with Crippen molar-refractivity contribution in [2.24, 2.45) is 0 Å². The quantitative estimate of drug-likeness (QED) is 0.883. The lowest BCUT2D eigenvalue weighted by molar-refractivity contribution is -0.116. The fourth-order valence-electron chi connectivity index (χ4n) is 2.60. The highest BCUT2D eigenvalue weighted by atomic mass is 16.2. The molecule has 2 aromatic rings. The third kappa shape index (κ3) is 4.01. The Labute approximate surface area is 140 Å². The van der Waals surface area contributed by atoms with E-state index in [1.54, 1.807) is 0 Å². The summed E-state index contributed by atoms with van der Waals surface area (Å²) in [6.45, 7) is 8.13. The Bertz CT molecular complexity index is 821. The van der Waals surface area contributed by atoms with Crippen molar-refractivity contribution in [1.29, 1.82) is 0 Å². The van der Waals surface area contributed by atoms with Crippen LogP contribution in [0.4, 0.5) is 5.69 Å². The van der Waals surface area contributed by atoms with Crippen LogP contribution in [0.15, 0.2) is 40.1 Å². The van der Waals surface area contributed by atoms with Crippen LogP contribution in [-0.4, -0.2) is 15.5 Å². The largest absolute Gasteiger partial charge is 0.328 e. The van der Waals surface area contributed by atoms with E-state index in [9.17, 15) is 14.4 Å². The van der Waals surface area contributed by atoms with Gasteiger partial charge >= 0.3 is 5.69 Å². The van der Waals surface area contributed by atoms with E-state index in [4.69, 9.17) is 0 Å². The Morgan fingerprint density at radius 3 is 2.17 bits per heavy atom. The molecule has 0 atom stereocenters. The summed E-state index contributed by atoms with van der Waals surface area (Å²) in [5, 5.41) is 2.94. The van der Waals surface area contributed by atoms with Gasteiger partial charge in [0.1, 0.15) is 6.54 Å². The van der Waals surface area contributed by atoms with Crippen molar-refractivity contribution < 1.29 is 4.79 Å². The van der Waals surface area contributed by atoms with Crippen molar-refractivity contribution in [2.75, 3.05) is 5.32 Å². The van der Waals surface area contributed by atoms with E-state index < -0.39 is 11.2 Å². The molecule has 2 rings (SSSR count). The predicted molar refractivity (Wildman–Crippen MR) is 94.6 cm³/mol. The minimum absolute atomic E-state index is 0.153. The molecule has 24 heavy (non-hydrogen) atoms. The average molecular weight is 329 g/mol. The molecule has 0 bridgehead atoms. The molecule has 0 unspecified atom stereocenters. The number of benzene rings is 1. The maximum Gasteiger partial charge on any atom is 0.328 e. The van der Waals surface area contributed by atoms with E-state index >= 15 is 0 Å². The Balaban J connectivity index is 2.31. The van der Waals surface area contributed by atoms with Crippen LogP contribution >= 0.6 is 0 Å². The van der Waals surface area contributed by atoms with Crippen LogP contribution in [-0.2, 0) is 11.3 Å². The fourth-order valence-corrected chi connectivity index (χ4v) is 2.60. The molecule has 1 heterocycles. The Kier molecular flexibility index (Phi) is 5.39. The Hall–Kier alpha value is -2.63. The number of para-hydroxylation sites is 1. The lowest BCUT2D eigenvalue weighted by Crippen LogP contribution is -2.32. The van der Waals surface area contributed by atoms with Crippen LogP contribution < -0.4 is 16.6 Å². The summed E-state index contributed by atoms with van der Waals surface area (Å²) in [4.78, 5) is 37.3. The molecule has 0 spiro atoms. The Morgan fingerprint density at radius 1 is 1.08 bits per heavy atom. The number of rotatable bonds is 5. The molecular formula is C18H23N3O3. The number of amides is 1. The van der Waals surface area contributed by atoms with Crippen LogP contribution in [0.2, 0.25) is 0 Å². The zero-order valence-corrected chi connectivity index (χ0v) is 14.4. The molecule has 2 N–H and O–H groups in total. The van der Waals surface area contributed by atoms with E-state index in [1.807, 2.05) is 18.2 Å². The van der Waals surface area contributed by atoms with Crippen LogP contribution in [0.5, 0.6) is 0 Å². The summed E-state index contributed by atoms with van der Waals surface area (Å²) < 4.78 is 1.17. The van der Waals surface area contributed by atoms with Gasteiger partial charge in [-0.1, -0.05) is 45.9 Å². The molecule has 1 aromatic carbocycles. The number of anilines is 1. The van der Waals surface area contributed by atoms with Gasteiger partial charge in [0.25, 0.3) is 5.56 Å². The molecule has 0 radical (unpaired) electrons. The summed E-state index contributed by atoms with van der Waals surface area (Å²) in [6, 6.07) is 7.21. The minimum atomic E-state index is -0.598. The fraction of sp³-hybridized carbons (Fsp3) is 0.389. The molecule has 0 saturated heterocycles. The second-order valence-corrected chi connectivity index (χ2v) is 6.41. The molecule has 1 amide bonds. The molecule has 0 aliphatic carbocycles. The van der Waals surface area contributed by atoms with Crippen LogP contribution in [0.1, 0.15) is 50.7 Å². The zero-order valence-electron chi connectivity index (χ0n) is 14.4. The van der Waals surface area contributed by atoms with E-state index in [0.717, 1.165) is 16.8 Å². The van der Waals surface area contributed by atoms with Gasteiger partial charge in [0.2, 0.25) is 5.91 Å². The second-order valence-electron chi connectivity index (χ2n) is 6.41. The number of carbonyl (C=O) groups excluding carboxylic acids is 1. The number of nitrogens with zero attached hydrogens (tertiary/aromatic N) is 1. The number of nitrogens with one attached hydrogen (secondary N) is 2. The van der Waals surface area contributed by atoms with Gasteiger partial charge in [-0.3, -0.25) is 19.1 Å². The number of hydrogen-bond acceptors (Lipinski definition) is 3. The third-order valence-electron chi connectivity index (χ3n) is 3.85. The van der Waals surface area contributed by atoms with Crippen LogP contribution in [0.25, 0.3) is 0 Å². The SMILES string of the molecule is CC(C)c1cccc(C(C)C)c1NC(=O)Cn1ccc(=O)[nH]c1=O. The first-order valence-electron chi connectivity index (χ1n) is 8.02. The van der Waals surface area contributed by atoms with Crippen molar-refractivity contribution in [3.05, 3.63) is 62.4 Å². The van der Waals surface area contributed by atoms with Gasteiger partial charge in [-0.2, -0.15) is 0 Å². The second kappa shape index (κ2) is 7.29. The lowest BCUT2D eigenvalue weighted by Gasteiger charge is -2.20. The Morgan fingerprint density at radius 2 is 1.67 bits per heavy atom. The monoisotopic (exact) mass is 329 g/mol. The highest BCUT2D eigenvalue weighted by Gasteiger charge is 2.16. The van der Waals surface area contributed by atoms with Gasteiger partial charge in [0, 0.05) is 18.0 Å². The summed E-state index contributed by atoms with van der Waals surface area (Å²) in [5.41, 5.74) is 1.85. The molecule has 0 aliphatic heterocycles. The molecule has 128 valence electrons. The maximum atomic E-state index is 12.4. The van der Waals surface area contributed by atoms with Gasteiger partial charge in [-0.15, -0.1) is 0 Å². The molecule has 6 heteroatoms. The van der Waals surface area contributed by atoms with Gasteiger partial charge in [-0.05, 0) is 23.0 Å². The highest BCUT2D eigenvalue weighted by Crippen LogP contribution is 2.32. The summed E-state index contributed by atoms with van der Waals surface area (Å²) in [7, 11) is 0. The number of aromatic amines is 1. The number of H-pyrrole nitrogens is 1. The maximum absolute atomic E-state index is 12.4. The molecule has 0 aliphatic rings. The average Bonchev–Trinajstić information content (AvgIpc) is 2.49. The van der Waals surface area contributed by atoms with Crippen molar-refractivity contribution >= 4 is 11.6 Å². The minimum Gasteiger partial charge on any atom is -0.324 e. The topological polar surface area (TPSA) is 84.0 Å². The molecule has 6 nitrogen and oxygen atoms in total. The van der Waals surface area contributed by atoms with E-state index in [-0.39, 0.29) is 24.3 Å². The lowest BCUT2D eigenvalue weighted by atomic mass is 9.92. The number of hydrogen-bond donors (Lipinski definition) is 2. The zero-order chi connectivity index (χ0) is 17.9. The van der Waals surface area contributed by atoms with E-state index in [1.165, 1.54) is 16.8 Å². The van der Waals surface area contributed by atoms with Gasteiger partial charge in [0.15, 0.2) is 0 Å². The third-order valence-corrected chi connectivity index (χ3v) is 3.85. The first kappa shape index (κ1) is 17.7. The van der Waals surface area contributed by atoms with Gasteiger partial charge in [0.05, 0.1) is 0 Å². The number of carbonyl (C=O) groups is 1. The van der Waals surface area contributed by atoms with Gasteiger partial charge < -0.3 is 5.32 Å². The van der Waals surface area contributed by atoms with Crippen molar-refractivity contribution in [3.8, 4) is 0 Å². The normalized spacial score (nSPS) is 11.1. The predicted octanol–water partition coefficient (Wildman–Crippen LogP) is 2.42. The molecule has 0 fully saturated rings.